The van der Waals surface area contributed by atoms with Gasteiger partial charge in [-0.15, -0.1) is 0 Å². The van der Waals surface area contributed by atoms with Gasteiger partial charge in [-0.05, 0) is 27.1 Å². The summed E-state index contributed by atoms with van der Waals surface area (Å²) in [4.78, 5) is 13.3. The van der Waals surface area contributed by atoms with Crippen LogP contribution >= 0.6 is 11.3 Å². The maximum Gasteiger partial charge on any atom is 0.324 e. The van der Waals surface area contributed by atoms with E-state index in [1.807, 2.05) is 14.1 Å². The Morgan fingerprint density at radius 1 is 1.56 bits per heavy atom. The average molecular weight is 243 g/mol. The van der Waals surface area contributed by atoms with Crippen molar-refractivity contribution in [1.29, 1.82) is 0 Å². The fourth-order valence-electron chi connectivity index (χ4n) is 1.15. The van der Waals surface area contributed by atoms with Gasteiger partial charge in [0, 0.05) is 30.1 Å². The molecule has 1 aromatic rings. The number of nitro groups is 1. The Labute approximate surface area is 99.2 Å². The minimum atomic E-state index is -0.351. The molecule has 0 fully saturated rings. The van der Waals surface area contributed by atoms with Crippen LogP contribution in [0.2, 0.25) is 0 Å². The summed E-state index contributed by atoms with van der Waals surface area (Å²) in [5.74, 6) is 0. The van der Waals surface area contributed by atoms with Gasteiger partial charge in [-0.3, -0.25) is 10.1 Å². The van der Waals surface area contributed by atoms with Gasteiger partial charge in [0.05, 0.1) is 4.92 Å². The Morgan fingerprint density at radius 2 is 2.25 bits per heavy atom. The zero-order valence-electron chi connectivity index (χ0n) is 9.77. The van der Waals surface area contributed by atoms with E-state index < -0.39 is 0 Å². The van der Waals surface area contributed by atoms with E-state index in [9.17, 15) is 10.1 Å². The van der Waals surface area contributed by atoms with Crippen LogP contribution in [0.4, 0.5) is 5.00 Å². The Balaban J connectivity index is 2.35. The molecule has 16 heavy (non-hydrogen) atoms. The first-order valence-electron chi connectivity index (χ1n) is 5.11. The highest BCUT2D eigenvalue weighted by molar-refractivity contribution is 7.15. The van der Waals surface area contributed by atoms with Gasteiger partial charge in [0.2, 0.25) is 0 Å². The first kappa shape index (κ1) is 13.1. The van der Waals surface area contributed by atoms with Gasteiger partial charge in [0.15, 0.2) is 0 Å². The molecule has 0 bridgehead atoms. The maximum atomic E-state index is 10.5. The van der Waals surface area contributed by atoms with Crippen molar-refractivity contribution in [2.45, 2.75) is 19.5 Å². The molecule has 0 amide bonds. The summed E-state index contributed by atoms with van der Waals surface area (Å²) in [5.41, 5.74) is 0. The van der Waals surface area contributed by atoms with Crippen LogP contribution < -0.4 is 5.32 Å². The van der Waals surface area contributed by atoms with Crippen molar-refractivity contribution in [1.82, 2.24) is 10.2 Å². The molecule has 1 N–H and O–H groups in total. The van der Waals surface area contributed by atoms with Crippen molar-refractivity contribution >= 4 is 16.3 Å². The van der Waals surface area contributed by atoms with Gasteiger partial charge in [0.25, 0.3) is 0 Å². The Morgan fingerprint density at radius 3 is 2.75 bits per heavy atom. The van der Waals surface area contributed by atoms with Crippen molar-refractivity contribution in [3.63, 3.8) is 0 Å². The highest BCUT2D eigenvalue weighted by Crippen LogP contribution is 2.23. The van der Waals surface area contributed by atoms with E-state index in [0.29, 0.717) is 12.6 Å². The van der Waals surface area contributed by atoms with E-state index in [0.717, 1.165) is 11.4 Å². The van der Waals surface area contributed by atoms with Crippen LogP contribution in [0, 0.1) is 10.1 Å². The number of rotatable bonds is 6. The van der Waals surface area contributed by atoms with Crippen LogP contribution in [0.1, 0.15) is 11.8 Å². The first-order valence-corrected chi connectivity index (χ1v) is 5.92. The van der Waals surface area contributed by atoms with Gasteiger partial charge in [-0.1, -0.05) is 11.3 Å². The lowest BCUT2D eigenvalue weighted by atomic mass is 10.3. The van der Waals surface area contributed by atoms with Gasteiger partial charge >= 0.3 is 5.00 Å². The molecular weight excluding hydrogens is 226 g/mol. The molecule has 1 atom stereocenters. The standard InChI is InChI=1S/C10H17N3O2S/c1-8(12(2)3)6-11-7-9-4-5-10(16-9)13(14)15/h4-5,8,11H,6-7H2,1-3H3. The van der Waals surface area contributed by atoms with Crippen molar-refractivity contribution in [2.24, 2.45) is 0 Å². The topological polar surface area (TPSA) is 58.4 Å². The summed E-state index contributed by atoms with van der Waals surface area (Å²) in [7, 11) is 4.06. The van der Waals surface area contributed by atoms with Gasteiger partial charge < -0.3 is 10.2 Å². The van der Waals surface area contributed by atoms with Gasteiger partial charge in [-0.25, -0.2) is 0 Å². The van der Waals surface area contributed by atoms with Crippen molar-refractivity contribution < 1.29 is 4.92 Å². The second-order valence-corrected chi connectivity index (χ2v) is 5.09. The minimum absolute atomic E-state index is 0.206. The zero-order valence-corrected chi connectivity index (χ0v) is 10.6. The lowest BCUT2D eigenvalue weighted by Crippen LogP contribution is -2.34. The number of hydrogen-bond acceptors (Lipinski definition) is 5. The molecule has 1 unspecified atom stereocenters. The molecule has 0 radical (unpaired) electrons. The van der Waals surface area contributed by atoms with Crippen LogP contribution in [-0.2, 0) is 6.54 Å². The van der Waals surface area contributed by atoms with E-state index in [4.69, 9.17) is 0 Å². The summed E-state index contributed by atoms with van der Waals surface area (Å²) in [6.45, 7) is 3.69. The summed E-state index contributed by atoms with van der Waals surface area (Å²) >= 11 is 1.23. The molecule has 0 spiro atoms. The van der Waals surface area contributed by atoms with Crippen LogP contribution in [-0.4, -0.2) is 36.5 Å². The molecule has 0 aromatic carbocycles. The van der Waals surface area contributed by atoms with Crippen LogP contribution in [0.3, 0.4) is 0 Å². The number of nitrogens with zero attached hydrogens (tertiary/aromatic N) is 2. The van der Waals surface area contributed by atoms with Crippen molar-refractivity contribution in [3.05, 3.63) is 27.1 Å². The van der Waals surface area contributed by atoms with E-state index >= 15 is 0 Å². The Bertz CT molecular complexity index is 352. The smallest absolute Gasteiger partial charge is 0.310 e. The minimum Gasteiger partial charge on any atom is -0.310 e. The van der Waals surface area contributed by atoms with E-state index in [-0.39, 0.29) is 9.92 Å². The van der Waals surface area contributed by atoms with Crippen molar-refractivity contribution in [2.75, 3.05) is 20.6 Å². The summed E-state index contributed by atoms with van der Waals surface area (Å²) < 4.78 is 0. The Kier molecular flexibility index (Phi) is 4.85. The van der Waals surface area contributed by atoms with Crippen LogP contribution in [0.25, 0.3) is 0 Å². The molecule has 0 aliphatic rings. The molecule has 0 aliphatic heterocycles. The fraction of sp³-hybridized carbons (Fsp3) is 0.600. The second kappa shape index (κ2) is 5.93. The monoisotopic (exact) mass is 243 g/mol. The SMILES string of the molecule is CC(CNCc1ccc([N+](=O)[O-])s1)N(C)C. The van der Waals surface area contributed by atoms with Crippen LogP contribution in [0.5, 0.6) is 0 Å². The number of thiophene rings is 1. The molecule has 90 valence electrons. The quantitative estimate of drug-likeness (QED) is 0.610. The van der Waals surface area contributed by atoms with Gasteiger partial charge in [0.1, 0.15) is 0 Å². The summed E-state index contributed by atoms with van der Waals surface area (Å²) in [6, 6.07) is 3.81. The molecule has 1 rings (SSSR count). The lowest BCUT2D eigenvalue weighted by Gasteiger charge is -2.19. The second-order valence-electron chi connectivity index (χ2n) is 3.94. The molecule has 0 saturated carbocycles. The van der Waals surface area contributed by atoms with E-state index in [2.05, 4.69) is 17.1 Å². The molecule has 5 nitrogen and oxygen atoms in total. The zero-order chi connectivity index (χ0) is 12.1. The van der Waals surface area contributed by atoms with E-state index in [1.165, 1.54) is 11.3 Å². The fourth-order valence-corrected chi connectivity index (χ4v) is 1.94. The van der Waals surface area contributed by atoms with E-state index in [1.54, 1.807) is 12.1 Å². The lowest BCUT2D eigenvalue weighted by molar-refractivity contribution is -0.380. The third-order valence-corrected chi connectivity index (χ3v) is 3.48. The maximum absolute atomic E-state index is 10.5. The predicted octanol–water partition coefficient (Wildman–Crippen LogP) is 1.70. The molecule has 1 heterocycles. The third kappa shape index (κ3) is 3.88. The summed E-state index contributed by atoms with van der Waals surface area (Å²) in [6.07, 6.45) is 0. The predicted molar refractivity (Wildman–Crippen MR) is 65.8 cm³/mol. The van der Waals surface area contributed by atoms with Crippen LogP contribution in [0.15, 0.2) is 12.1 Å². The summed E-state index contributed by atoms with van der Waals surface area (Å²) in [5, 5.41) is 14.0. The molecular formula is C10H17N3O2S. The highest BCUT2D eigenvalue weighted by Gasteiger charge is 2.09. The van der Waals surface area contributed by atoms with Crippen molar-refractivity contribution in [3.8, 4) is 0 Å². The third-order valence-electron chi connectivity index (χ3n) is 2.45. The largest absolute Gasteiger partial charge is 0.324 e. The number of hydrogen-bond donors (Lipinski definition) is 1. The van der Waals surface area contributed by atoms with Gasteiger partial charge in [-0.2, -0.15) is 0 Å². The molecule has 0 aliphatic carbocycles. The number of likely N-dealkylation sites (N-methyl/N-ethyl adjacent to an activating group) is 1. The number of nitrogens with one attached hydrogen (secondary N) is 1. The molecule has 6 heteroatoms. The molecule has 1 aromatic heterocycles. The normalized spacial score (nSPS) is 13.0. The highest BCUT2D eigenvalue weighted by atomic mass is 32.1. The first-order chi connectivity index (χ1) is 7.50. The Hall–Kier alpha value is -0.980. The average Bonchev–Trinajstić information content (AvgIpc) is 2.66. The molecule has 0 saturated heterocycles.